The fourth-order valence-electron chi connectivity index (χ4n) is 4.06. The predicted octanol–water partition coefficient (Wildman–Crippen LogP) is 5.72. The van der Waals surface area contributed by atoms with Gasteiger partial charge in [0, 0.05) is 39.8 Å². The van der Waals surface area contributed by atoms with Gasteiger partial charge in [0.15, 0.2) is 5.69 Å². The van der Waals surface area contributed by atoms with Gasteiger partial charge in [-0.3, -0.25) is 0 Å². The first-order chi connectivity index (χ1) is 17.0. The second-order valence-corrected chi connectivity index (χ2v) is 10.4. The van der Waals surface area contributed by atoms with Gasteiger partial charge < -0.3 is 14.4 Å². The summed E-state index contributed by atoms with van der Waals surface area (Å²) in [5, 5.41) is 10.2. The maximum atomic E-state index is 12.5. The Labute approximate surface area is 219 Å². The van der Waals surface area contributed by atoms with E-state index in [0.717, 1.165) is 48.6 Å². The number of esters is 1. The third kappa shape index (κ3) is 6.63. The second-order valence-electron chi connectivity index (χ2n) is 8.24. The van der Waals surface area contributed by atoms with E-state index in [1.54, 1.807) is 24.8 Å². The van der Waals surface area contributed by atoms with Crippen LogP contribution in [0, 0.1) is 0 Å². The van der Waals surface area contributed by atoms with E-state index in [-0.39, 0.29) is 0 Å². The maximum Gasteiger partial charge on any atom is 0.360 e. The quantitative estimate of drug-likeness (QED) is 0.325. The van der Waals surface area contributed by atoms with Gasteiger partial charge in [-0.1, -0.05) is 40.5 Å². The van der Waals surface area contributed by atoms with Crippen LogP contribution in [0.15, 0.2) is 42.5 Å². The van der Waals surface area contributed by atoms with Crippen molar-refractivity contribution in [3.05, 3.63) is 69.5 Å². The van der Waals surface area contributed by atoms with Crippen LogP contribution in [0.1, 0.15) is 41.5 Å². The first kappa shape index (κ1) is 25.7. The molecule has 0 radical (unpaired) electrons. The standard InChI is InChI=1S/C25H28Cl2N4O3S/c1-3-34-25(32)24-23(31(29-28-24)15-17-4-6-21(33-2)7-5-17)16-35-22-8-10-30(11-9-22)20-13-18(26)12-19(27)14-20/h4-7,12-14,22H,3,8-11,15-16H2,1-2H3. The van der Waals surface area contributed by atoms with Gasteiger partial charge in [0.05, 0.1) is 26.0 Å². The molecule has 186 valence electrons. The molecule has 0 unspecified atom stereocenters. The zero-order chi connectivity index (χ0) is 24.8. The van der Waals surface area contributed by atoms with Gasteiger partial charge in [-0.05, 0) is 55.7 Å². The number of nitrogens with zero attached hydrogens (tertiary/aromatic N) is 4. The molecule has 2 heterocycles. The molecule has 1 fully saturated rings. The summed E-state index contributed by atoms with van der Waals surface area (Å²) in [6.45, 7) is 4.43. The second kappa shape index (κ2) is 12.0. The molecule has 2 aromatic carbocycles. The van der Waals surface area contributed by atoms with Crippen molar-refractivity contribution >= 4 is 46.6 Å². The highest BCUT2D eigenvalue weighted by Crippen LogP contribution is 2.32. The summed E-state index contributed by atoms with van der Waals surface area (Å²) in [6, 6.07) is 13.4. The van der Waals surface area contributed by atoms with Gasteiger partial charge >= 0.3 is 5.97 Å². The number of rotatable bonds is 9. The van der Waals surface area contributed by atoms with Crippen LogP contribution in [0.3, 0.4) is 0 Å². The van der Waals surface area contributed by atoms with E-state index in [1.165, 1.54) is 0 Å². The molecule has 0 spiro atoms. The van der Waals surface area contributed by atoms with Crippen molar-refractivity contribution in [1.29, 1.82) is 0 Å². The number of methoxy groups -OCH3 is 1. The molecule has 1 aromatic heterocycles. The minimum Gasteiger partial charge on any atom is -0.497 e. The van der Waals surface area contributed by atoms with Gasteiger partial charge in [0.2, 0.25) is 0 Å². The molecule has 1 aliphatic rings. The minimum atomic E-state index is -0.434. The Morgan fingerprint density at radius 3 is 2.43 bits per heavy atom. The van der Waals surface area contributed by atoms with Crippen molar-refractivity contribution in [3.8, 4) is 5.75 Å². The average molecular weight is 535 g/mol. The lowest BCUT2D eigenvalue weighted by atomic mass is 10.1. The van der Waals surface area contributed by atoms with E-state index in [4.69, 9.17) is 32.7 Å². The van der Waals surface area contributed by atoms with Crippen molar-refractivity contribution in [2.45, 2.75) is 37.3 Å². The molecule has 0 N–H and O–H groups in total. The fraction of sp³-hybridized carbons (Fsp3) is 0.400. The molecule has 7 nitrogen and oxygen atoms in total. The Bertz CT molecular complexity index is 1130. The Balaban J connectivity index is 1.42. The molecule has 1 saturated heterocycles. The Morgan fingerprint density at radius 1 is 1.11 bits per heavy atom. The smallest absolute Gasteiger partial charge is 0.360 e. The van der Waals surface area contributed by atoms with Crippen molar-refractivity contribution in [3.63, 3.8) is 0 Å². The number of carbonyl (C=O) groups is 1. The number of aromatic nitrogens is 3. The number of halogens is 2. The zero-order valence-corrected chi connectivity index (χ0v) is 22.1. The molecule has 10 heteroatoms. The normalized spacial score (nSPS) is 14.2. The van der Waals surface area contributed by atoms with E-state index in [1.807, 2.05) is 48.2 Å². The van der Waals surface area contributed by atoms with Gasteiger partial charge in [0.25, 0.3) is 0 Å². The van der Waals surface area contributed by atoms with E-state index in [9.17, 15) is 4.79 Å². The maximum absolute atomic E-state index is 12.5. The average Bonchev–Trinajstić information content (AvgIpc) is 3.25. The summed E-state index contributed by atoms with van der Waals surface area (Å²) in [7, 11) is 1.64. The number of hydrogen-bond donors (Lipinski definition) is 0. The van der Waals surface area contributed by atoms with Crippen LogP contribution in [-0.4, -0.2) is 53.0 Å². The van der Waals surface area contributed by atoms with E-state index >= 15 is 0 Å². The van der Waals surface area contributed by atoms with Crippen LogP contribution in [0.4, 0.5) is 5.69 Å². The molecule has 35 heavy (non-hydrogen) atoms. The minimum absolute atomic E-state index is 0.291. The van der Waals surface area contributed by atoms with Crippen molar-refractivity contribution in [2.24, 2.45) is 0 Å². The van der Waals surface area contributed by atoms with Gasteiger partial charge in [-0.2, -0.15) is 11.8 Å². The van der Waals surface area contributed by atoms with Gasteiger partial charge in [-0.15, -0.1) is 5.10 Å². The highest BCUT2D eigenvalue weighted by Gasteiger charge is 2.25. The van der Waals surface area contributed by atoms with E-state index < -0.39 is 5.97 Å². The predicted molar refractivity (Wildman–Crippen MR) is 141 cm³/mol. The van der Waals surface area contributed by atoms with Crippen LogP contribution in [0.5, 0.6) is 5.75 Å². The lowest BCUT2D eigenvalue weighted by molar-refractivity contribution is 0.0518. The lowest BCUT2D eigenvalue weighted by Crippen LogP contribution is -2.34. The monoisotopic (exact) mass is 534 g/mol. The molecule has 3 aromatic rings. The number of anilines is 1. The Morgan fingerprint density at radius 2 is 1.80 bits per heavy atom. The summed E-state index contributed by atoms with van der Waals surface area (Å²) in [5.74, 6) is 0.990. The van der Waals surface area contributed by atoms with Crippen LogP contribution in [0.25, 0.3) is 0 Å². The SMILES string of the molecule is CCOC(=O)c1nnn(Cc2ccc(OC)cc2)c1CSC1CCN(c2cc(Cl)cc(Cl)c2)CC1. The van der Waals surface area contributed by atoms with Crippen molar-refractivity contribution < 1.29 is 14.3 Å². The van der Waals surface area contributed by atoms with Crippen LogP contribution in [0.2, 0.25) is 10.0 Å². The third-order valence-corrected chi connectivity index (χ3v) is 7.73. The number of thioether (sulfide) groups is 1. The molecule has 0 saturated carbocycles. The first-order valence-electron chi connectivity index (χ1n) is 11.5. The van der Waals surface area contributed by atoms with E-state index in [2.05, 4.69) is 15.2 Å². The van der Waals surface area contributed by atoms with Crippen molar-refractivity contribution in [1.82, 2.24) is 15.0 Å². The molecule has 0 atom stereocenters. The molecule has 0 bridgehead atoms. The Hall–Kier alpha value is -2.42. The third-order valence-electron chi connectivity index (χ3n) is 5.91. The van der Waals surface area contributed by atoms with Crippen LogP contribution in [-0.2, 0) is 17.0 Å². The number of benzene rings is 2. The number of hydrogen-bond acceptors (Lipinski definition) is 7. The van der Waals surface area contributed by atoms with Crippen LogP contribution >= 0.6 is 35.0 Å². The van der Waals surface area contributed by atoms with Crippen molar-refractivity contribution in [2.75, 3.05) is 31.7 Å². The summed E-state index contributed by atoms with van der Waals surface area (Å²) >= 11 is 14.2. The Kier molecular flexibility index (Phi) is 8.81. The fourth-order valence-corrected chi connectivity index (χ4v) is 5.80. The lowest BCUT2D eigenvalue weighted by Gasteiger charge is -2.33. The molecule has 4 rings (SSSR count). The molecular weight excluding hydrogens is 507 g/mol. The summed E-state index contributed by atoms with van der Waals surface area (Å²) in [6.07, 6.45) is 2.03. The summed E-state index contributed by atoms with van der Waals surface area (Å²) < 4.78 is 12.3. The summed E-state index contributed by atoms with van der Waals surface area (Å²) in [5.41, 5.74) is 3.18. The largest absolute Gasteiger partial charge is 0.497 e. The van der Waals surface area contributed by atoms with E-state index in [0.29, 0.717) is 39.9 Å². The molecule has 1 aliphatic heterocycles. The number of carbonyl (C=O) groups excluding carboxylic acids is 1. The highest BCUT2D eigenvalue weighted by atomic mass is 35.5. The molecular formula is C25H28Cl2N4O3S. The number of piperidine rings is 1. The van der Waals surface area contributed by atoms with Gasteiger partial charge in [0.1, 0.15) is 5.75 Å². The molecule has 0 aliphatic carbocycles. The van der Waals surface area contributed by atoms with Crippen LogP contribution < -0.4 is 9.64 Å². The highest BCUT2D eigenvalue weighted by molar-refractivity contribution is 7.99. The first-order valence-corrected chi connectivity index (χ1v) is 13.3. The zero-order valence-electron chi connectivity index (χ0n) is 19.7. The summed E-state index contributed by atoms with van der Waals surface area (Å²) in [4.78, 5) is 14.8. The number of ether oxygens (including phenoxy) is 2. The topological polar surface area (TPSA) is 69.5 Å². The molecule has 0 amide bonds. The van der Waals surface area contributed by atoms with Gasteiger partial charge in [-0.25, -0.2) is 9.48 Å².